The summed E-state index contributed by atoms with van der Waals surface area (Å²) in [7, 11) is 0. The van der Waals surface area contributed by atoms with Gasteiger partial charge in [-0.1, -0.05) is 26.0 Å². The Hall–Kier alpha value is -0.810. The van der Waals surface area contributed by atoms with Gasteiger partial charge in [0.05, 0.1) is 12.0 Å². The van der Waals surface area contributed by atoms with Crippen LogP contribution >= 0.6 is 22.6 Å². The van der Waals surface area contributed by atoms with Crippen molar-refractivity contribution in [1.82, 2.24) is 0 Å². The summed E-state index contributed by atoms with van der Waals surface area (Å²) in [5.41, 5.74) is 6.80. The van der Waals surface area contributed by atoms with E-state index in [9.17, 15) is 0 Å². The van der Waals surface area contributed by atoms with Gasteiger partial charge in [-0.3, -0.25) is 0 Å². The highest BCUT2D eigenvalue weighted by Gasteiger charge is 2.35. The van der Waals surface area contributed by atoms with Crippen molar-refractivity contribution in [3.05, 3.63) is 57.1 Å². The normalized spacial score (nSPS) is 14.6. The van der Waals surface area contributed by atoms with Gasteiger partial charge in [0.1, 0.15) is 11.5 Å². The number of nitrogens with two attached hydrogens (primary N) is 1. The molecular formula is C16H20INO. The molecule has 19 heavy (non-hydrogen) atoms. The Morgan fingerprint density at radius 1 is 1.16 bits per heavy atom. The summed E-state index contributed by atoms with van der Waals surface area (Å²) >= 11 is 2.33. The minimum atomic E-state index is -0.127. The molecule has 0 bridgehead atoms. The molecule has 2 N–H and O–H groups in total. The second kappa shape index (κ2) is 5.67. The van der Waals surface area contributed by atoms with Gasteiger partial charge in [-0.05, 0) is 65.3 Å². The fourth-order valence-corrected chi connectivity index (χ4v) is 2.68. The number of benzene rings is 1. The summed E-state index contributed by atoms with van der Waals surface area (Å²) < 4.78 is 7.16. The van der Waals surface area contributed by atoms with Crippen molar-refractivity contribution >= 4 is 22.6 Å². The quantitative estimate of drug-likeness (QED) is 0.816. The predicted molar refractivity (Wildman–Crippen MR) is 87.1 cm³/mol. The van der Waals surface area contributed by atoms with Gasteiger partial charge in [-0.25, -0.2) is 0 Å². The molecule has 2 nitrogen and oxygen atoms in total. The third kappa shape index (κ3) is 2.72. The van der Waals surface area contributed by atoms with Crippen molar-refractivity contribution < 1.29 is 4.42 Å². The zero-order valence-corrected chi connectivity index (χ0v) is 13.8. The third-order valence-corrected chi connectivity index (χ3v) is 4.69. The maximum atomic E-state index is 5.92. The van der Waals surface area contributed by atoms with E-state index in [-0.39, 0.29) is 5.41 Å². The molecule has 0 spiro atoms. The van der Waals surface area contributed by atoms with Crippen molar-refractivity contribution in [2.75, 3.05) is 0 Å². The van der Waals surface area contributed by atoms with Gasteiger partial charge >= 0.3 is 0 Å². The third-order valence-electron chi connectivity index (χ3n) is 3.97. The Labute approximate surface area is 128 Å². The average Bonchev–Trinajstić information content (AvgIpc) is 2.87. The Kier molecular flexibility index (Phi) is 4.36. The summed E-state index contributed by atoms with van der Waals surface area (Å²) in [5, 5.41) is 0. The molecule has 0 fully saturated rings. The fraction of sp³-hybridized carbons (Fsp3) is 0.375. The second-order valence-electron chi connectivity index (χ2n) is 5.33. The van der Waals surface area contributed by atoms with Crippen molar-refractivity contribution in [1.29, 1.82) is 0 Å². The Morgan fingerprint density at radius 2 is 1.79 bits per heavy atom. The van der Waals surface area contributed by atoms with Gasteiger partial charge in [-0.2, -0.15) is 0 Å². The molecule has 1 aromatic heterocycles. The molecule has 1 unspecified atom stereocenters. The lowest BCUT2D eigenvalue weighted by atomic mass is 9.71. The number of rotatable bonds is 4. The van der Waals surface area contributed by atoms with Gasteiger partial charge in [0.25, 0.3) is 0 Å². The average molecular weight is 369 g/mol. The number of hydrogen-bond acceptors (Lipinski definition) is 2. The van der Waals surface area contributed by atoms with Crippen LogP contribution in [0.2, 0.25) is 0 Å². The fourth-order valence-electron chi connectivity index (χ4n) is 2.32. The van der Waals surface area contributed by atoms with Crippen molar-refractivity contribution in [3.8, 4) is 0 Å². The van der Waals surface area contributed by atoms with E-state index in [0.717, 1.165) is 11.5 Å². The molecule has 102 valence electrons. The van der Waals surface area contributed by atoms with E-state index in [1.165, 1.54) is 9.13 Å². The van der Waals surface area contributed by atoms with Crippen LogP contribution < -0.4 is 5.73 Å². The molecule has 1 heterocycles. The molecule has 0 aliphatic rings. The lowest BCUT2D eigenvalue weighted by molar-refractivity contribution is 0.315. The molecule has 0 aliphatic carbocycles. The number of halogens is 1. The van der Waals surface area contributed by atoms with Gasteiger partial charge in [0, 0.05) is 3.57 Å². The zero-order chi connectivity index (χ0) is 14.0. The largest absolute Gasteiger partial charge is 0.464 e. The lowest BCUT2D eigenvalue weighted by Crippen LogP contribution is -2.29. The van der Waals surface area contributed by atoms with E-state index < -0.39 is 0 Å². The van der Waals surface area contributed by atoms with Crippen LogP contribution in [0, 0.1) is 9.49 Å². The van der Waals surface area contributed by atoms with Gasteiger partial charge < -0.3 is 10.2 Å². The predicted octanol–water partition coefficient (Wildman–Crippen LogP) is 4.30. The van der Waals surface area contributed by atoms with Crippen LogP contribution in [0.15, 0.2) is 40.8 Å². The monoisotopic (exact) mass is 369 g/mol. The first kappa shape index (κ1) is 14.6. The highest BCUT2D eigenvalue weighted by molar-refractivity contribution is 14.1. The van der Waals surface area contributed by atoms with E-state index in [1.54, 1.807) is 0 Å². The Morgan fingerprint density at radius 3 is 2.26 bits per heavy atom. The van der Waals surface area contributed by atoms with E-state index in [4.69, 9.17) is 10.2 Å². The highest BCUT2D eigenvalue weighted by Crippen LogP contribution is 2.39. The van der Waals surface area contributed by atoms with Crippen molar-refractivity contribution in [2.45, 2.75) is 32.7 Å². The molecule has 2 aromatic rings. The van der Waals surface area contributed by atoms with Crippen LogP contribution in [-0.4, -0.2) is 0 Å². The van der Waals surface area contributed by atoms with Crippen LogP contribution in [-0.2, 0) is 12.0 Å². The highest BCUT2D eigenvalue weighted by atomic mass is 127. The topological polar surface area (TPSA) is 39.2 Å². The molecule has 0 saturated heterocycles. The SMILES string of the molecule is CC(C)C(C)(c1ccc(I)cc1)c1ccc(CN)o1. The van der Waals surface area contributed by atoms with Crippen LogP contribution in [0.5, 0.6) is 0 Å². The zero-order valence-electron chi connectivity index (χ0n) is 11.6. The Bertz CT molecular complexity index is 544. The second-order valence-corrected chi connectivity index (χ2v) is 6.58. The molecule has 1 atom stereocenters. The van der Waals surface area contributed by atoms with Crippen molar-refractivity contribution in [2.24, 2.45) is 11.7 Å². The summed E-state index contributed by atoms with van der Waals surface area (Å²) in [5.74, 6) is 2.26. The Balaban J connectivity index is 2.51. The molecule has 2 rings (SSSR count). The minimum absolute atomic E-state index is 0.127. The molecule has 0 aliphatic heterocycles. The molecule has 3 heteroatoms. The number of furan rings is 1. The van der Waals surface area contributed by atoms with Crippen LogP contribution in [0.25, 0.3) is 0 Å². The molecular weight excluding hydrogens is 349 g/mol. The first-order chi connectivity index (χ1) is 8.98. The maximum absolute atomic E-state index is 5.92. The van der Waals surface area contributed by atoms with Crippen LogP contribution in [0.1, 0.15) is 37.9 Å². The van der Waals surface area contributed by atoms with E-state index in [1.807, 2.05) is 6.07 Å². The van der Waals surface area contributed by atoms with Gasteiger partial charge in [0.15, 0.2) is 0 Å². The summed E-state index contributed by atoms with van der Waals surface area (Å²) in [6, 6.07) is 12.7. The standard InChI is InChI=1S/C16H20INO/c1-11(2)16(3,12-4-6-13(17)7-5-12)15-9-8-14(10-18)19-15/h4-9,11H,10,18H2,1-3H3. The van der Waals surface area contributed by atoms with Crippen LogP contribution in [0.4, 0.5) is 0 Å². The smallest absolute Gasteiger partial charge is 0.117 e. The van der Waals surface area contributed by atoms with Crippen LogP contribution in [0.3, 0.4) is 0 Å². The molecule has 0 amide bonds. The minimum Gasteiger partial charge on any atom is -0.464 e. The summed E-state index contributed by atoms with van der Waals surface area (Å²) in [6.45, 7) is 7.13. The van der Waals surface area contributed by atoms with Gasteiger partial charge in [-0.15, -0.1) is 0 Å². The first-order valence-corrected chi connectivity index (χ1v) is 7.61. The maximum Gasteiger partial charge on any atom is 0.117 e. The molecule has 1 aromatic carbocycles. The number of hydrogen-bond donors (Lipinski definition) is 1. The van der Waals surface area contributed by atoms with E-state index in [0.29, 0.717) is 12.5 Å². The molecule has 0 radical (unpaired) electrons. The molecule has 0 saturated carbocycles. The van der Waals surface area contributed by atoms with Crippen molar-refractivity contribution in [3.63, 3.8) is 0 Å². The first-order valence-electron chi connectivity index (χ1n) is 6.53. The van der Waals surface area contributed by atoms with Gasteiger partial charge in [0.2, 0.25) is 0 Å². The summed E-state index contributed by atoms with van der Waals surface area (Å²) in [4.78, 5) is 0. The van der Waals surface area contributed by atoms with E-state index >= 15 is 0 Å². The van der Waals surface area contributed by atoms with E-state index in [2.05, 4.69) is 73.7 Å². The summed E-state index contributed by atoms with van der Waals surface area (Å²) in [6.07, 6.45) is 0. The lowest BCUT2D eigenvalue weighted by Gasteiger charge is -2.32.